The smallest absolute Gasteiger partial charge is 0.326 e. The van der Waals surface area contributed by atoms with Crippen LogP contribution in [0.5, 0.6) is 0 Å². The van der Waals surface area contributed by atoms with Gasteiger partial charge in [0.25, 0.3) is 11.8 Å². The zero-order valence-corrected chi connectivity index (χ0v) is 21.2. The molecule has 4 aromatic carbocycles. The van der Waals surface area contributed by atoms with Gasteiger partial charge in [-0.2, -0.15) is 0 Å². The summed E-state index contributed by atoms with van der Waals surface area (Å²) in [4.78, 5) is 39.1. The van der Waals surface area contributed by atoms with Crippen molar-refractivity contribution in [2.24, 2.45) is 5.92 Å². The number of anilines is 1. The van der Waals surface area contributed by atoms with Crippen molar-refractivity contribution in [2.75, 3.05) is 5.32 Å². The van der Waals surface area contributed by atoms with E-state index in [2.05, 4.69) is 5.32 Å². The maximum absolute atomic E-state index is 13.1. The van der Waals surface area contributed by atoms with Gasteiger partial charge >= 0.3 is 5.97 Å². The van der Waals surface area contributed by atoms with E-state index < -0.39 is 12.0 Å². The summed E-state index contributed by atoms with van der Waals surface area (Å²) >= 11 is 0. The molecule has 0 saturated carbocycles. The van der Waals surface area contributed by atoms with E-state index in [-0.39, 0.29) is 24.3 Å². The van der Waals surface area contributed by atoms with Crippen LogP contribution in [0.2, 0.25) is 0 Å². The predicted molar refractivity (Wildman–Crippen MR) is 148 cm³/mol. The molecule has 0 saturated heterocycles. The van der Waals surface area contributed by atoms with Crippen molar-refractivity contribution in [3.8, 4) is 22.3 Å². The average molecular weight is 505 g/mol. The first-order chi connectivity index (χ1) is 18.3. The van der Waals surface area contributed by atoms with Crippen molar-refractivity contribution < 1.29 is 19.5 Å². The fourth-order valence-corrected chi connectivity index (χ4v) is 4.90. The number of nitrogens with zero attached hydrogens (tertiary/aromatic N) is 1. The first kappa shape index (κ1) is 25.0. The summed E-state index contributed by atoms with van der Waals surface area (Å²) in [6, 6.07) is 29.7. The molecule has 5 rings (SSSR count). The Kier molecular flexibility index (Phi) is 6.79. The molecule has 2 N–H and O–H groups in total. The Hall–Kier alpha value is -4.71. The molecule has 0 spiro atoms. The standard InChI is InChI=1S/C32H28N2O4/c1-20(2)29(32(37)38)34-19-26-13-12-25(18-28(26)31(34)36)23-8-10-24(11-9-23)30(35)33-27-16-14-22(15-17-27)21-6-4-3-5-7-21/h3-18,20,29H,19H2,1-2H3,(H,33,35)(H,37,38)/t29-/m0/s1. The quantitative estimate of drug-likeness (QED) is 0.308. The van der Waals surface area contributed by atoms with E-state index in [1.807, 2.05) is 78.9 Å². The van der Waals surface area contributed by atoms with Crippen LogP contribution in [0.15, 0.2) is 97.1 Å². The summed E-state index contributed by atoms with van der Waals surface area (Å²) in [7, 11) is 0. The molecule has 0 aromatic heterocycles. The van der Waals surface area contributed by atoms with Crippen molar-refractivity contribution in [3.05, 3.63) is 114 Å². The Bertz CT molecular complexity index is 1490. The molecule has 0 bridgehead atoms. The van der Waals surface area contributed by atoms with Gasteiger partial charge in [-0.25, -0.2) is 4.79 Å². The van der Waals surface area contributed by atoms with Gasteiger partial charge in [0.2, 0.25) is 0 Å². The third kappa shape index (κ3) is 4.93. The normalized spacial score (nSPS) is 13.3. The van der Waals surface area contributed by atoms with Crippen LogP contribution < -0.4 is 5.32 Å². The van der Waals surface area contributed by atoms with Crippen LogP contribution in [0.4, 0.5) is 5.69 Å². The van der Waals surface area contributed by atoms with E-state index >= 15 is 0 Å². The van der Waals surface area contributed by atoms with Gasteiger partial charge < -0.3 is 15.3 Å². The number of carboxylic acids is 1. The third-order valence-corrected chi connectivity index (χ3v) is 6.89. The Labute approximate surface area is 221 Å². The van der Waals surface area contributed by atoms with Crippen LogP contribution in [0.25, 0.3) is 22.3 Å². The van der Waals surface area contributed by atoms with Gasteiger partial charge in [-0.3, -0.25) is 9.59 Å². The highest BCUT2D eigenvalue weighted by molar-refractivity contribution is 6.05. The minimum absolute atomic E-state index is 0.203. The molecule has 1 heterocycles. The van der Waals surface area contributed by atoms with E-state index in [0.29, 0.717) is 16.8 Å². The number of amides is 2. The number of benzene rings is 4. The number of hydrogen-bond acceptors (Lipinski definition) is 3. The number of rotatable bonds is 7. The lowest BCUT2D eigenvalue weighted by atomic mass is 9.99. The Morgan fingerprint density at radius 2 is 1.37 bits per heavy atom. The van der Waals surface area contributed by atoms with Crippen LogP contribution in [-0.2, 0) is 11.3 Å². The number of hydrogen-bond donors (Lipinski definition) is 2. The molecule has 0 unspecified atom stereocenters. The minimum Gasteiger partial charge on any atom is -0.480 e. The zero-order valence-electron chi connectivity index (χ0n) is 21.2. The predicted octanol–water partition coefficient (Wildman–Crippen LogP) is 6.34. The lowest BCUT2D eigenvalue weighted by molar-refractivity contribution is -0.144. The largest absolute Gasteiger partial charge is 0.480 e. The highest BCUT2D eigenvalue weighted by Gasteiger charge is 2.38. The van der Waals surface area contributed by atoms with Gasteiger partial charge in [0, 0.05) is 23.4 Å². The summed E-state index contributed by atoms with van der Waals surface area (Å²) in [6.45, 7) is 3.89. The maximum atomic E-state index is 13.1. The second kappa shape index (κ2) is 10.3. The molecule has 0 fully saturated rings. The van der Waals surface area contributed by atoms with Gasteiger partial charge in [-0.05, 0) is 64.1 Å². The van der Waals surface area contributed by atoms with Crippen molar-refractivity contribution in [1.29, 1.82) is 0 Å². The van der Waals surface area contributed by atoms with Gasteiger partial charge in [0.05, 0.1) is 0 Å². The molecular weight excluding hydrogens is 476 g/mol. The number of carbonyl (C=O) groups is 3. The van der Waals surface area contributed by atoms with Gasteiger partial charge in [-0.1, -0.05) is 80.6 Å². The second-order valence-corrected chi connectivity index (χ2v) is 9.81. The Balaban J connectivity index is 1.28. The van der Waals surface area contributed by atoms with Crippen molar-refractivity contribution in [2.45, 2.75) is 26.4 Å². The number of carbonyl (C=O) groups excluding carboxylic acids is 2. The van der Waals surface area contributed by atoms with Gasteiger partial charge in [0.15, 0.2) is 0 Å². The molecule has 1 aliphatic heterocycles. The highest BCUT2D eigenvalue weighted by Crippen LogP contribution is 2.31. The average Bonchev–Trinajstić information content (AvgIpc) is 3.24. The number of fused-ring (bicyclic) bond motifs is 1. The minimum atomic E-state index is -0.998. The summed E-state index contributed by atoms with van der Waals surface area (Å²) in [5, 5.41) is 12.6. The monoisotopic (exact) mass is 504 g/mol. The molecule has 38 heavy (non-hydrogen) atoms. The second-order valence-electron chi connectivity index (χ2n) is 9.81. The van der Waals surface area contributed by atoms with Gasteiger partial charge in [0.1, 0.15) is 6.04 Å². The molecule has 2 amide bonds. The lowest BCUT2D eigenvalue weighted by Gasteiger charge is -2.27. The van der Waals surface area contributed by atoms with Crippen molar-refractivity contribution in [1.82, 2.24) is 4.90 Å². The summed E-state index contributed by atoms with van der Waals surface area (Å²) < 4.78 is 0. The van der Waals surface area contributed by atoms with Crippen LogP contribution in [-0.4, -0.2) is 33.8 Å². The fourth-order valence-electron chi connectivity index (χ4n) is 4.90. The van der Waals surface area contributed by atoms with Crippen molar-refractivity contribution >= 4 is 23.5 Å². The third-order valence-electron chi connectivity index (χ3n) is 6.89. The van der Waals surface area contributed by atoms with E-state index in [1.54, 1.807) is 32.0 Å². The fraction of sp³-hybridized carbons (Fsp3) is 0.156. The van der Waals surface area contributed by atoms with Gasteiger partial charge in [-0.15, -0.1) is 0 Å². The molecule has 1 atom stereocenters. The zero-order chi connectivity index (χ0) is 26.8. The molecule has 0 aliphatic carbocycles. The summed E-state index contributed by atoms with van der Waals surface area (Å²) in [5.74, 6) is -1.68. The highest BCUT2D eigenvalue weighted by atomic mass is 16.4. The van der Waals surface area contributed by atoms with Crippen LogP contribution in [0, 0.1) is 5.92 Å². The number of carboxylic acid groups (broad SMARTS) is 1. The molecule has 190 valence electrons. The summed E-state index contributed by atoms with van der Waals surface area (Å²) in [6.07, 6.45) is 0. The number of aliphatic carboxylic acids is 1. The van der Waals surface area contributed by atoms with Crippen LogP contribution >= 0.6 is 0 Å². The molecule has 6 nitrogen and oxygen atoms in total. The van der Waals surface area contributed by atoms with Crippen LogP contribution in [0.1, 0.15) is 40.1 Å². The molecular formula is C32H28N2O4. The number of nitrogens with one attached hydrogen (secondary N) is 1. The Morgan fingerprint density at radius 1 is 0.789 bits per heavy atom. The first-order valence-electron chi connectivity index (χ1n) is 12.6. The lowest BCUT2D eigenvalue weighted by Crippen LogP contribution is -2.44. The SMILES string of the molecule is CC(C)[C@@H](C(=O)O)N1Cc2ccc(-c3ccc(C(=O)Nc4ccc(-c5ccccc5)cc4)cc3)cc2C1=O. The molecule has 0 radical (unpaired) electrons. The van der Waals surface area contributed by atoms with E-state index in [4.69, 9.17) is 0 Å². The summed E-state index contributed by atoms with van der Waals surface area (Å²) in [5.41, 5.74) is 6.46. The van der Waals surface area contributed by atoms with Crippen molar-refractivity contribution in [3.63, 3.8) is 0 Å². The maximum Gasteiger partial charge on any atom is 0.326 e. The van der Waals surface area contributed by atoms with E-state index in [9.17, 15) is 19.5 Å². The van der Waals surface area contributed by atoms with E-state index in [0.717, 1.165) is 27.8 Å². The molecule has 1 aliphatic rings. The van der Waals surface area contributed by atoms with Crippen LogP contribution in [0.3, 0.4) is 0 Å². The van der Waals surface area contributed by atoms with E-state index in [1.165, 1.54) is 4.90 Å². The topological polar surface area (TPSA) is 86.7 Å². The molecule has 6 heteroatoms. The first-order valence-corrected chi connectivity index (χ1v) is 12.6. The molecule has 4 aromatic rings. The Morgan fingerprint density at radius 3 is 2.00 bits per heavy atom.